The maximum atomic E-state index is 12.8. The minimum Gasteiger partial charge on any atom is -0.382 e. The molecule has 0 saturated carbocycles. The van der Waals surface area contributed by atoms with Gasteiger partial charge in [0.15, 0.2) is 0 Å². The lowest BCUT2D eigenvalue weighted by molar-refractivity contribution is -0.137. The van der Waals surface area contributed by atoms with Crippen LogP contribution in [0.3, 0.4) is 0 Å². The number of hydrogen-bond acceptors (Lipinski definition) is 4. The number of rotatable bonds is 3. The van der Waals surface area contributed by atoms with Gasteiger partial charge in [0.2, 0.25) is 0 Å². The van der Waals surface area contributed by atoms with E-state index in [2.05, 4.69) is 5.32 Å². The van der Waals surface area contributed by atoms with Crippen LogP contribution in [0.5, 0.6) is 0 Å². The molecule has 0 radical (unpaired) electrons. The van der Waals surface area contributed by atoms with Crippen LogP contribution in [0, 0.1) is 11.3 Å². The number of benzene rings is 1. The summed E-state index contributed by atoms with van der Waals surface area (Å²) in [5.41, 5.74) is -1.00. The number of hydrogen-bond donors (Lipinski definition) is 1. The first kappa shape index (κ1) is 14.6. The first-order chi connectivity index (χ1) is 9.50. The molecule has 1 aromatic rings. The van der Waals surface area contributed by atoms with E-state index >= 15 is 0 Å². The Hall–Kier alpha value is -1.78. The van der Waals surface area contributed by atoms with Crippen molar-refractivity contribution in [1.82, 2.24) is 0 Å². The van der Waals surface area contributed by atoms with Crippen LogP contribution in [0.1, 0.15) is 17.5 Å². The quantitative estimate of drug-likeness (QED) is 0.928. The highest BCUT2D eigenvalue weighted by Gasteiger charge is 2.33. The molecule has 20 heavy (non-hydrogen) atoms. The van der Waals surface area contributed by atoms with Crippen LogP contribution in [0.25, 0.3) is 0 Å². The van der Waals surface area contributed by atoms with Gasteiger partial charge in [-0.2, -0.15) is 18.4 Å². The van der Waals surface area contributed by atoms with Gasteiger partial charge in [-0.1, -0.05) is 0 Å². The van der Waals surface area contributed by atoms with Gasteiger partial charge < -0.3 is 14.8 Å². The minimum atomic E-state index is -4.54. The van der Waals surface area contributed by atoms with Crippen molar-refractivity contribution in [2.75, 3.05) is 25.3 Å². The number of halogens is 3. The van der Waals surface area contributed by atoms with Crippen molar-refractivity contribution in [1.29, 1.82) is 5.26 Å². The van der Waals surface area contributed by atoms with E-state index in [-0.39, 0.29) is 18.5 Å². The fourth-order valence-corrected chi connectivity index (χ4v) is 1.88. The topological polar surface area (TPSA) is 54.3 Å². The van der Waals surface area contributed by atoms with E-state index in [0.29, 0.717) is 25.3 Å². The Kier molecular flexibility index (Phi) is 4.47. The van der Waals surface area contributed by atoms with Gasteiger partial charge in [0.05, 0.1) is 29.9 Å². The van der Waals surface area contributed by atoms with E-state index in [1.807, 2.05) is 0 Å². The average molecular weight is 286 g/mol. The molecule has 1 saturated heterocycles. The monoisotopic (exact) mass is 286 g/mol. The molecule has 1 atom stereocenters. The Labute approximate surface area is 114 Å². The Morgan fingerprint density at radius 1 is 1.40 bits per heavy atom. The summed E-state index contributed by atoms with van der Waals surface area (Å²) in [6.45, 7) is 1.17. The molecule has 0 aliphatic carbocycles. The van der Waals surface area contributed by atoms with Crippen LogP contribution in [-0.2, 0) is 15.7 Å². The summed E-state index contributed by atoms with van der Waals surface area (Å²) in [6.07, 6.45) is -3.94. The largest absolute Gasteiger partial charge is 0.417 e. The second kappa shape index (κ2) is 6.11. The Morgan fingerprint density at radius 2 is 2.20 bits per heavy atom. The zero-order valence-corrected chi connectivity index (χ0v) is 10.5. The molecule has 1 aromatic carbocycles. The predicted molar refractivity (Wildman–Crippen MR) is 65.0 cm³/mol. The molecule has 2 rings (SSSR count). The molecule has 0 aromatic heterocycles. The number of nitrogens with zero attached hydrogens (tertiary/aromatic N) is 1. The van der Waals surface area contributed by atoms with Crippen LogP contribution < -0.4 is 5.32 Å². The summed E-state index contributed by atoms with van der Waals surface area (Å²) in [7, 11) is 0. The molecule has 108 valence electrons. The van der Waals surface area contributed by atoms with E-state index in [1.165, 1.54) is 6.07 Å². The predicted octanol–water partition coefficient (Wildman–Crippen LogP) is 2.75. The van der Waals surface area contributed by atoms with Gasteiger partial charge in [-0.15, -0.1) is 0 Å². The summed E-state index contributed by atoms with van der Waals surface area (Å²) in [5, 5.41) is 11.6. The van der Waals surface area contributed by atoms with Crippen LogP contribution in [0.15, 0.2) is 18.2 Å². The van der Waals surface area contributed by atoms with Gasteiger partial charge in [-0.05, 0) is 24.6 Å². The zero-order chi connectivity index (χ0) is 14.6. The van der Waals surface area contributed by atoms with Gasteiger partial charge in [0.1, 0.15) is 6.79 Å². The van der Waals surface area contributed by atoms with Gasteiger partial charge in [-0.3, -0.25) is 0 Å². The van der Waals surface area contributed by atoms with Gasteiger partial charge in [-0.25, -0.2) is 0 Å². The average Bonchev–Trinajstić information content (AvgIpc) is 2.45. The standard InChI is InChI=1S/C13H13F3N2O2/c14-13(15,16)12-5-10(2-1-9(12)6-17)18-7-11-3-4-19-8-20-11/h1-2,5,11,18H,3-4,7-8H2. The molecule has 1 aliphatic heterocycles. The van der Waals surface area contributed by atoms with Crippen molar-refractivity contribution < 1.29 is 22.6 Å². The molecular formula is C13H13F3N2O2. The Morgan fingerprint density at radius 3 is 2.80 bits per heavy atom. The van der Waals surface area contributed by atoms with Crippen molar-refractivity contribution in [3.63, 3.8) is 0 Å². The fraction of sp³-hybridized carbons (Fsp3) is 0.462. The molecular weight excluding hydrogens is 273 g/mol. The molecule has 1 heterocycles. The maximum absolute atomic E-state index is 12.8. The van der Waals surface area contributed by atoms with E-state index in [4.69, 9.17) is 14.7 Å². The maximum Gasteiger partial charge on any atom is 0.417 e. The summed E-state index contributed by atoms with van der Waals surface area (Å²) < 4.78 is 48.7. The minimum absolute atomic E-state index is 0.0891. The molecule has 4 nitrogen and oxygen atoms in total. The summed E-state index contributed by atoms with van der Waals surface area (Å²) in [6, 6.07) is 5.10. The Bertz CT molecular complexity index is 505. The molecule has 0 amide bonds. The zero-order valence-electron chi connectivity index (χ0n) is 10.5. The second-order valence-electron chi connectivity index (χ2n) is 4.35. The SMILES string of the molecule is N#Cc1ccc(NCC2CCOCO2)cc1C(F)(F)F. The third-order valence-electron chi connectivity index (χ3n) is 2.95. The third-order valence-corrected chi connectivity index (χ3v) is 2.95. The summed E-state index contributed by atoms with van der Waals surface area (Å²) in [5.74, 6) is 0. The molecule has 0 spiro atoms. The number of anilines is 1. The number of ether oxygens (including phenoxy) is 2. The molecule has 1 N–H and O–H groups in total. The normalized spacial score (nSPS) is 19.4. The highest BCUT2D eigenvalue weighted by Crippen LogP contribution is 2.33. The van der Waals surface area contributed by atoms with Crippen molar-refractivity contribution in [2.24, 2.45) is 0 Å². The third kappa shape index (κ3) is 3.62. The van der Waals surface area contributed by atoms with Crippen LogP contribution >= 0.6 is 0 Å². The summed E-state index contributed by atoms with van der Waals surface area (Å²) >= 11 is 0. The Balaban J connectivity index is 2.07. The van der Waals surface area contributed by atoms with Crippen molar-refractivity contribution >= 4 is 5.69 Å². The molecule has 1 aliphatic rings. The lowest BCUT2D eigenvalue weighted by Crippen LogP contribution is -2.30. The number of nitriles is 1. The van der Waals surface area contributed by atoms with E-state index in [9.17, 15) is 13.2 Å². The molecule has 0 bridgehead atoms. The number of alkyl halides is 3. The van der Waals surface area contributed by atoms with Gasteiger partial charge >= 0.3 is 6.18 Å². The van der Waals surface area contributed by atoms with Crippen LogP contribution in [0.2, 0.25) is 0 Å². The first-order valence-corrected chi connectivity index (χ1v) is 6.05. The highest BCUT2D eigenvalue weighted by atomic mass is 19.4. The van der Waals surface area contributed by atoms with Crippen LogP contribution in [0.4, 0.5) is 18.9 Å². The second-order valence-corrected chi connectivity index (χ2v) is 4.35. The van der Waals surface area contributed by atoms with Crippen LogP contribution in [-0.4, -0.2) is 26.0 Å². The van der Waals surface area contributed by atoms with Crippen molar-refractivity contribution in [2.45, 2.75) is 18.7 Å². The van der Waals surface area contributed by atoms with Crippen molar-refractivity contribution in [3.8, 4) is 6.07 Å². The van der Waals surface area contributed by atoms with Gasteiger partial charge in [0, 0.05) is 12.2 Å². The van der Waals surface area contributed by atoms with E-state index < -0.39 is 11.7 Å². The van der Waals surface area contributed by atoms with E-state index in [0.717, 1.165) is 12.1 Å². The smallest absolute Gasteiger partial charge is 0.382 e. The molecule has 7 heteroatoms. The van der Waals surface area contributed by atoms with E-state index in [1.54, 1.807) is 6.07 Å². The van der Waals surface area contributed by atoms with Gasteiger partial charge in [0.25, 0.3) is 0 Å². The lowest BCUT2D eigenvalue weighted by atomic mass is 10.1. The highest BCUT2D eigenvalue weighted by molar-refractivity contribution is 5.53. The number of nitrogens with one attached hydrogen (secondary N) is 1. The molecule has 1 fully saturated rings. The van der Waals surface area contributed by atoms with Crippen molar-refractivity contribution in [3.05, 3.63) is 29.3 Å². The summed E-state index contributed by atoms with van der Waals surface area (Å²) in [4.78, 5) is 0. The molecule has 1 unspecified atom stereocenters. The first-order valence-electron chi connectivity index (χ1n) is 6.05. The fourth-order valence-electron chi connectivity index (χ4n) is 1.88. The lowest BCUT2D eigenvalue weighted by Gasteiger charge is -2.23.